The van der Waals surface area contributed by atoms with E-state index in [1.807, 2.05) is 18.2 Å². The maximum Gasteiger partial charge on any atom is 0.237 e. The molecule has 0 heterocycles. The van der Waals surface area contributed by atoms with Gasteiger partial charge in [0.05, 0.1) is 18.5 Å². The van der Waals surface area contributed by atoms with Crippen LogP contribution >= 0.6 is 0 Å². The summed E-state index contributed by atoms with van der Waals surface area (Å²) < 4.78 is 0. The summed E-state index contributed by atoms with van der Waals surface area (Å²) in [5.41, 5.74) is 13.1. The van der Waals surface area contributed by atoms with Crippen LogP contribution in [0.2, 0.25) is 0 Å². The Kier molecular flexibility index (Phi) is 4.16. The quantitative estimate of drug-likeness (QED) is 0.731. The van der Waals surface area contributed by atoms with E-state index in [1.165, 1.54) is 5.56 Å². The molecule has 2 amide bonds. The Morgan fingerprint density at radius 3 is 2.84 bits per heavy atom. The fourth-order valence-corrected chi connectivity index (χ4v) is 2.49. The van der Waals surface area contributed by atoms with Gasteiger partial charge in [0.1, 0.15) is 0 Å². The second-order valence-electron chi connectivity index (χ2n) is 4.93. The third-order valence-electron chi connectivity index (χ3n) is 3.44. The van der Waals surface area contributed by atoms with Crippen LogP contribution < -0.4 is 16.8 Å². The van der Waals surface area contributed by atoms with Gasteiger partial charge in [0, 0.05) is 0 Å². The predicted octanol–water partition coefficient (Wildman–Crippen LogP) is 0.383. The van der Waals surface area contributed by atoms with Crippen molar-refractivity contribution in [3.63, 3.8) is 0 Å². The Hall–Kier alpha value is -1.88. The number of nitrogens with one attached hydrogen (secondary N) is 1. The highest BCUT2D eigenvalue weighted by Crippen LogP contribution is 2.29. The lowest BCUT2D eigenvalue weighted by atomic mass is 9.87. The molecule has 0 aromatic heterocycles. The Balaban J connectivity index is 2.04. The molecule has 2 atom stereocenters. The van der Waals surface area contributed by atoms with Crippen molar-refractivity contribution in [3.8, 4) is 0 Å². The van der Waals surface area contributed by atoms with E-state index in [9.17, 15) is 9.59 Å². The molecule has 1 aliphatic carbocycles. The number of nitrogens with two attached hydrogens (primary N) is 2. The smallest absolute Gasteiger partial charge is 0.237 e. The molecule has 1 aliphatic rings. The zero-order valence-corrected chi connectivity index (χ0v) is 10.8. The van der Waals surface area contributed by atoms with E-state index in [4.69, 9.17) is 11.5 Å². The highest BCUT2D eigenvalue weighted by molar-refractivity contribution is 5.87. The molecule has 0 fully saturated rings. The number of fused-ring (bicyclic) bond motifs is 1. The lowest BCUT2D eigenvalue weighted by Crippen LogP contribution is -2.44. The Morgan fingerprint density at radius 1 is 1.37 bits per heavy atom. The number of carbonyl (C=O) groups excluding carboxylic acids is 2. The van der Waals surface area contributed by atoms with Gasteiger partial charge in [0.25, 0.3) is 0 Å². The van der Waals surface area contributed by atoms with Crippen LogP contribution in [-0.2, 0) is 16.0 Å². The molecule has 0 saturated heterocycles. The summed E-state index contributed by atoms with van der Waals surface area (Å²) >= 11 is 0. The van der Waals surface area contributed by atoms with Crippen LogP contribution in [0.4, 0.5) is 0 Å². The van der Waals surface area contributed by atoms with Crippen molar-refractivity contribution < 1.29 is 9.59 Å². The Morgan fingerprint density at radius 2 is 2.11 bits per heavy atom. The van der Waals surface area contributed by atoms with Crippen molar-refractivity contribution in [1.82, 2.24) is 5.32 Å². The second kappa shape index (κ2) is 5.84. The first-order valence-corrected chi connectivity index (χ1v) is 6.50. The summed E-state index contributed by atoms with van der Waals surface area (Å²) in [4.78, 5) is 22.7. The Labute approximate surface area is 112 Å². The SMILES string of the molecule is NC(=O)CC(N)C(=O)NC1CCCc2ccccc21. The van der Waals surface area contributed by atoms with E-state index >= 15 is 0 Å². The molecule has 5 nitrogen and oxygen atoms in total. The normalized spacial score (nSPS) is 19.3. The van der Waals surface area contributed by atoms with Gasteiger partial charge in [-0.15, -0.1) is 0 Å². The summed E-state index contributed by atoms with van der Waals surface area (Å²) in [6, 6.07) is 7.19. The average Bonchev–Trinajstić information content (AvgIpc) is 2.38. The molecule has 1 aromatic carbocycles. The molecule has 5 N–H and O–H groups in total. The minimum Gasteiger partial charge on any atom is -0.370 e. The second-order valence-corrected chi connectivity index (χ2v) is 4.93. The van der Waals surface area contributed by atoms with Gasteiger partial charge in [-0.1, -0.05) is 24.3 Å². The molecule has 0 bridgehead atoms. The number of hydrogen-bond donors (Lipinski definition) is 3. The summed E-state index contributed by atoms with van der Waals surface area (Å²) in [6.07, 6.45) is 2.84. The zero-order chi connectivity index (χ0) is 13.8. The third-order valence-corrected chi connectivity index (χ3v) is 3.44. The molecule has 19 heavy (non-hydrogen) atoms. The van der Waals surface area contributed by atoms with Gasteiger partial charge in [-0.05, 0) is 30.4 Å². The summed E-state index contributed by atoms with van der Waals surface area (Å²) in [5.74, 6) is -0.882. The first kappa shape index (κ1) is 13.5. The van der Waals surface area contributed by atoms with Gasteiger partial charge in [0.15, 0.2) is 0 Å². The molecule has 2 unspecified atom stereocenters. The maximum atomic E-state index is 11.9. The fourth-order valence-electron chi connectivity index (χ4n) is 2.49. The molecule has 0 radical (unpaired) electrons. The molecule has 2 rings (SSSR count). The molecule has 0 aliphatic heterocycles. The number of primary amides is 1. The van der Waals surface area contributed by atoms with Crippen LogP contribution in [-0.4, -0.2) is 17.9 Å². The highest BCUT2D eigenvalue weighted by atomic mass is 16.2. The number of rotatable bonds is 4. The average molecular weight is 261 g/mol. The van der Waals surface area contributed by atoms with Crippen molar-refractivity contribution in [3.05, 3.63) is 35.4 Å². The first-order chi connectivity index (χ1) is 9.08. The topological polar surface area (TPSA) is 98.2 Å². The van der Waals surface area contributed by atoms with Crippen LogP contribution in [0.5, 0.6) is 0 Å². The van der Waals surface area contributed by atoms with Crippen LogP contribution in [0.25, 0.3) is 0 Å². The van der Waals surface area contributed by atoms with Gasteiger partial charge in [0.2, 0.25) is 11.8 Å². The Bertz CT molecular complexity index is 487. The maximum absolute atomic E-state index is 11.9. The fraction of sp³-hybridized carbons (Fsp3) is 0.429. The van der Waals surface area contributed by atoms with Crippen molar-refractivity contribution >= 4 is 11.8 Å². The standard InChI is InChI=1S/C14H19N3O2/c15-11(8-13(16)18)14(19)17-12-7-3-5-9-4-1-2-6-10(9)12/h1-2,4,6,11-12H,3,5,7-8,15H2,(H2,16,18)(H,17,19). The van der Waals surface area contributed by atoms with E-state index in [2.05, 4.69) is 11.4 Å². The van der Waals surface area contributed by atoms with Crippen molar-refractivity contribution in [1.29, 1.82) is 0 Å². The molecule has 102 valence electrons. The van der Waals surface area contributed by atoms with E-state index in [0.717, 1.165) is 24.8 Å². The molecule has 5 heteroatoms. The number of hydrogen-bond acceptors (Lipinski definition) is 3. The summed E-state index contributed by atoms with van der Waals surface area (Å²) in [5, 5.41) is 2.91. The van der Waals surface area contributed by atoms with E-state index in [-0.39, 0.29) is 18.4 Å². The largest absolute Gasteiger partial charge is 0.370 e. The van der Waals surface area contributed by atoms with Gasteiger partial charge in [-0.2, -0.15) is 0 Å². The van der Waals surface area contributed by atoms with Crippen molar-refractivity contribution in [2.24, 2.45) is 11.5 Å². The van der Waals surface area contributed by atoms with Gasteiger partial charge < -0.3 is 16.8 Å². The first-order valence-electron chi connectivity index (χ1n) is 6.50. The van der Waals surface area contributed by atoms with E-state index < -0.39 is 11.9 Å². The van der Waals surface area contributed by atoms with Crippen LogP contribution in [0.15, 0.2) is 24.3 Å². The molecule has 0 spiro atoms. The van der Waals surface area contributed by atoms with Crippen LogP contribution in [0.3, 0.4) is 0 Å². The monoisotopic (exact) mass is 261 g/mol. The summed E-state index contributed by atoms with van der Waals surface area (Å²) in [7, 11) is 0. The van der Waals surface area contributed by atoms with Gasteiger partial charge in [-0.25, -0.2) is 0 Å². The zero-order valence-electron chi connectivity index (χ0n) is 10.8. The number of carbonyl (C=O) groups is 2. The minimum absolute atomic E-state index is 0.0172. The lowest BCUT2D eigenvalue weighted by molar-refractivity contribution is -0.126. The van der Waals surface area contributed by atoms with E-state index in [0.29, 0.717) is 0 Å². The van der Waals surface area contributed by atoms with Gasteiger partial charge >= 0.3 is 0 Å². The van der Waals surface area contributed by atoms with Crippen LogP contribution in [0.1, 0.15) is 36.4 Å². The molecular weight excluding hydrogens is 242 g/mol. The predicted molar refractivity (Wildman–Crippen MR) is 72.1 cm³/mol. The molecule has 1 aromatic rings. The number of amides is 2. The number of benzene rings is 1. The third kappa shape index (κ3) is 3.32. The molecular formula is C14H19N3O2. The van der Waals surface area contributed by atoms with Crippen molar-refractivity contribution in [2.75, 3.05) is 0 Å². The lowest BCUT2D eigenvalue weighted by Gasteiger charge is -2.27. The van der Waals surface area contributed by atoms with E-state index in [1.54, 1.807) is 0 Å². The highest BCUT2D eigenvalue weighted by Gasteiger charge is 2.24. The van der Waals surface area contributed by atoms with Crippen molar-refractivity contribution in [2.45, 2.75) is 37.8 Å². The minimum atomic E-state index is -0.869. The number of aryl methyl sites for hydroxylation is 1. The summed E-state index contributed by atoms with van der Waals surface area (Å²) in [6.45, 7) is 0. The molecule has 0 saturated carbocycles. The van der Waals surface area contributed by atoms with Crippen LogP contribution in [0, 0.1) is 0 Å². The van der Waals surface area contributed by atoms with Gasteiger partial charge in [-0.3, -0.25) is 9.59 Å².